The first-order chi connectivity index (χ1) is 7.13. The zero-order valence-electron chi connectivity index (χ0n) is 7.65. The molecule has 0 saturated heterocycles. The van der Waals surface area contributed by atoms with Gasteiger partial charge >= 0.3 is 0 Å². The third-order valence-electron chi connectivity index (χ3n) is 1.49. The van der Waals surface area contributed by atoms with Crippen LogP contribution in [0.2, 0.25) is 0 Å². The molecule has 2 rings (SSSR count). The Morgan fingerprint density at radius 2 is 2.33 bits per heavy atom. The molecule has 2 heterocycles. The number of hydrogen-bond acceptors (Lipinski definition) is 5. The molecule has 2 aromatic rings. The second-order valence-corrected chi connectivity index (χ2v) is 5.64. The summed E-state index contributed by atoms with van der Waals surface area (Å²) in [5, 5.41) is 2.46. The molecule has 0 spiro atoms. The number of halogens is 1. The molecule has 0 atom stereocenters. The van der Waals surface area contributed by atoms with Gasteiger partial charge in [-0.15, -0.1) is 11.3 Å². The minimum atomic E-state index is -0.138. The summed E-state index contributed by atoms with van der Waals surface area (Å²) >= 11 is 6.11. The van der Waals surface area contributed by atoms with E-state index in [1.807, 2.05) is 5.38 Å². The highest BCUT2D eigenvalue weighted by Gasteiger charge is 2.05. The molecule has 0 fully saturated rings. The standard InChI is InChI=1S/C8H6BrN3OS2/c1-4-2-6(13)12-7(10-4)15-8-11-5(9)3-14-8/h2-3H,1H3,(H,10,12,13). The summed E-state index contributed by atoms with van der Waals surface area (Å²) < 4.78 is 1.64. The van der Waals surface area contributed by atoms with E-state index in [2.05, 4.69) is 30.9 Å². The predicted molar refractivity (Wildman–Crippen MR) is 63.5 cm³/mol. The summed E-state index contributed by atoms with van der Waals surface area (Å²) in [4.78, 5) is 22.2. The van der Waals surface area contributed by atoms with Crippen molar-refractivity contribution in [2.24, 2.45) is 0 Å². The fourth-order valence-corrected chi connectivity index (χ4v) is 3.29. The Hall–Kier alpha value is -0.660. The summed E-state index contributed by atoms with van der Waals surface area (Å²) in [7, 11) is 0. The van der Waals surface area contributed by atoms with Crippen molar-refractivity contribution in [2.45, 2.75) is 16.4 Å². The fraction of sp³-hybridized carbons (Fsp3) is 0.125. The molecule has 1 N–H and O–H groups in total. The lowest BCUT2D eigenvalue weighted by Gasteiger charge is -1.97. The maximum Gasteiger partial charge on any atom is 0.251 e. The van der Waals surface area contributed by atoms with Gasteiger partial charge in [-0.25, -0.2) is 9.97 Å². The van der Waals surface area contributed by atoms with Crippen molar-refractivity contribution in [3.8, 4) is 0 Å². The van der Waals surface area contributed by atoms with Crippen molar-refractivity contribution in [3.05, 3.63) is 32.1 Å². The van der Waals surface area contributed by atoms with E-state index < -0.39 is 0 Å². The van der Waals surface area contributed by atoms with Gasteiger partial charge in [0.15, 0.2) is 9.50 Å². The van der Waals surface area contributed by atoms with Crippen LogP contribution in [0.4, 0.5) is 0 Å². The summed E-state index contributed by atoms with van der Waals surface area (Å²) in [5.74, 6) is 0. The van der Waals surface area contributed by atoms with E-state index in [0.29, 0.717) is 10.9 Å². The van der Waals surface area contributed by atoms with Crippen LogP contribution >= 0.6 is 39.0 Å². The van der Waals surface area contributed by atoms with Crippen LogP contribution < -0.4 is 5.56 Å². The Morgan fingerprint density at radius 1 is 1.53 bits per heavy atom. The summed E-state index contributed by atoms with van der Waals surface area (Å²) in [6.07, 6.45) is 0. The highest BCUT2D eigenvalue weighted by atomic mass is 79.9. The summed E-state index contributed by atoms with van der Waals surface area (Å²) in [6.45, 7) is 1.79. The van der Waals surface area contributed by atoms with Crippen molar-refractivity contribution in [1.82, 2.24) is 15.0 Å². The Balaban J connectivity index is 2.28. The van der Waals surface area contributed by atoms with Gasteiger partial charge in [0, 0.05) is 17.1 Å². The van der Waals surface area contributed by atoms with Gasteiger partial charge in [0.05, 0.1) is 0 Å². The van der Waals surface area contributed by atoms with Crippen LogP contribution in [0, 0.1) is 6.92 Å². The molecule has 2 aromatic heterocycles. The van der Waals surface area contributed by atoms with Crippen LogP contribution in [0.5, 0.6) is 0 Å². The van der Waals surface area contributed by atoms with Gasteiger partial charge in [0.25, 0.3) is 5.56 Å². The summed E-state index contributed by atoms with van der Waals surface area (Å²) in [5.41, 5.74) is 0.567. The maximum absolute atomic E-state index is 11.2. The van der Waals surface area contributed by atoms with Crippen LogP contribution in [0.3, 0.4) is 0 Å². The SMILES string of the molecule is Cc1cc(=O)[nH]c(Sc2nc(Br)cs2)n1. The first-order valence-electron chi connectivity index (χ1n) is 4.00. The first kappa shape index (κ1) is 10.8. The van der Waals surface area contributed by atoms with Gasteiger partial charge in [-0.1, -0.05) is 0 Å². The number of aromatic amines is 1. The average molecular weight is 304 g/mol. The van der Waals surface area contributed by atoms with E-state index >= 15 is 0 Å². The highest BCUT2D eigenvalue weighted by molar-refractivity contribution is 9.10. The number of aromatic nitrogens is 3. The number of thiazole rings is 1. The van der Waals surface area contributed by atoms with Crippen LogP contribution in [-0.4, -0.2) is 15.0 Å². The molecule has 0 aliphatic rings. The molecule has 7 heteroatoms. The third-order valence-corrected chi connectivity index (χ3v) is 4.02. The predicted octanol–water partition coefficient (Wildman–Crippen LogP) is 2.45. The maximum atomic E-state index is 11.2. The van der Waals surface area contributed by atoms with Crippen molar-refractivity contribution < 1.29 is 0 Å². The first-order valence-corrected chi connectivity index (χ1v) is 6.49. The number of nitrogens with one attached hydrogen (secondary N) is 1. The van der Waals surface area contributed by atoms with Crippen molar-refractivity contribution in [3.63, 3.8) is 0 Å². The molecule has 0 aliphatic carbocycles. The van der Waals surface area contributed by atoms with E-state index in [4.69, 9.17) is 0 Å². The average Bonchev–Trinajstić information content (AvgIpc) is 2.49. The fourth-order valence-electron chi connectivity index (χ4n) is 0.968. The van der Waals surface area contributed by atoms with E-state index in [-0.39, 0.29) is 5.56 Å². The molecule has 0 saturated carbocycles. The molecule has 0 aromatic carbocycles. The minimum absolute atomic E-state index is 0.138. The Kier molecular flexibility index (Phi) is 3.22. The number of hydrogen-bond donors (Lipinski definition) is 1. The molecule has 0 unspecified atom stereocenters. The monoisotopic (exact) mass is 303 g/mol. The Morgan fingerprint density at radius 3 is 2.93 bits per heavy atom. The van der Waals surface area contributed by atoms with Gasteiger partial charge in [-0.3, -0.25) is 4.79 Å². The Labute approximate surface area is 102 Å². The molecule has 0 amide bonds. The molecule has 0 radical (unpaired) electrons. The van der Waals surface area contributed by atoms with Gasteiger partial charge in [-0.2, -0.15) is 0 Å². The van der Waals surface area contributed by atoms with E-state index in [1.165, 1.54) is 29.2 Å². The van der Waals surface area contributed by atoms with Crippen molar-refractivity contribution in [1.29, 1.82) is 0 Å². The van der Waals surface area contributed by atoms with Crippen LogP contribution in [0.15, 0.2) is 30.3 Å². The number of H-pyrrole nitrogens is 1. The largest absolute Gasteiger partial charge is 0.301 e. The lowest BCUT2D eigenvalue weighted by Crippen LogP contribution is -2.07. The van der Waals surface area contributed by atoms with Crippen LogP contribution in [0.1, 0.15) is 5.69 Å². The lowest BCUT2D eigenvalue weighted by atomic mass is 10.5. The molecule has 4 nitrogen and oxygen atoms in total. The molecule has 0 bridgehead atoms. The molecular weight excluding hydrogens is 298 g/mol. The third kappa shape index (κ3) is 2.90. The quantitative estimate of drug-likeness (QED) is 0.866. The normalized spacial score (nSPS) is 10.5. The van der Waals surface area contributed by atoms with Gasteiger partial charge < -0.3 is 4.98 Å². The van der Waals surface area contributed by atoms with Gasteiger partial charge in [0.1, 0.15) is 4.60 Å². The highest BCUT2D eigenvalue weighted by Crippen LogP contribution is 2.28. The number of rotatable bonds is 2. The Bertz CT molecular complexity index is 537. The summed E-state index contributed by atoms with van der Waals surface area (Å²) in [6, 6.07) is 1.46. The van der Waals surface area contributed by atoms with E-state index in [9.17, 15) is 4.79 Å². The second kappa shape index (κ2) is 4.46. The second-order valence-electron chi connectivity index (χ2n) is 2.73. The molecule has 0 aliphatic heterocycles. The number of nitrogens with zero attached hydrogens (tertiary/aromatic N) is 2. The van der Waals surface area contributed by atoms with Crippen molar-refractivity contribution in [2.75, 3.05) is 0 Å². The lowest BCUT2D eigenvalue weighted by molar-refractivity contribution is 0.904. The number of aryl methyl sites for hydroxylation is 1. The topological polar surface area (TPSA) is 58.6 Å². The van der Waals surface area contributed by atoms with E-state index in [0.717, 1.165) is 8.94 Å². The molecule has 15 heavy (non-hydrogen) atoms. The van der Waals surface area contributed by atoms with Crippen LogP contribution in [-0.2, 0) is 0 Å². The zero-order chi connectivity index (χ0) is 10.8. The zero-order valence-corrected chi connectivity index (χ0v) is 10.9. The van der Waals surface area contributed by atoms with Crippen molar-refractivity contribution >= 4 is 39.0 Å². The van der Waals surface area contributed by atoms with Crippen LogP contribution in [0.25, 0.3) is 0 Å². The van der Waals surface area contributed by atoms with E-state index in [1.54, 1.807) is 6.92 Å². The molecule has 78 valence electrons. The van der Waals surface area contributed by atoms with Gasteiger partial charge in [0.2, 0.25) is 0 Å². The smallest absolute Gasteiger partial charge is 0.251 e. The minimum Gasteiger partial charge on any atom is -0.301 e. The molecular formula is C8H6BrN3OS2. The van der Waals surface area contributed by atoms with Gasteiger partial charge in [-0.05, 0) is 34.6 Å².